The molecule has 0 bridgehead atoms. The zero-order valence-corrected chi connectivity index (χ0v) is 13.4. The van der Waals surface area contributed by atoms with Gasteiger partial charge in [-0.25, -0.2) is 4.98 Å². The van der Waals surface area contributed by atoms with Crippen molar-refractivity contribution in [3.63, 3.8) is 0 Å². The van der Waals surface area contributed by atoms with Crippen LogP contribution in [-0.4, -0.2) is 34.6 Å². The minimum absolute atomic E-state index is 0. The molecule has 5 nitrogen and oxygen atoms in total. The summed E-state index contributed by atoms with van der Waals surface area (Å²) in [6, 6.07) is 0.147. The molecule has 1 aromatic rings. The molecule has 1 saturated heterocycles. The highest BCUT2D eigenvalue weighted by Crippen LogP contribution is 2.15. The van der Waals surface area contributed by atoms with Crippen LogP contribution in [0, 0.1) is 5.92 Å². The molecule has 1 aromatic heterocycles. The summed E-state index contributed by atoms with van der Waals surface area (Å²) in [7, 11) is 0. The summed E-state index contributed by atoms with van der Waals surface area (Å²) in [5.41, 5.74) is 0. The Bertz CT molecular complexity index is 366. The number of piperidine rings is 1. The average Bonchev–Trinajstić information content (AvgIpc) is 2.82. The van der Waals surface area contributed by atoms with Gasteiger partial charge in [0.05, 0.1) is 6.33 Å². The number of hydrogen-bond donors (Lipinski definition) is 2. The molecule has 0 aromatic carbocycles. The Labute approximate surface area is 132 Å². The van der Waals surface area contributed by atoms with Crippen LogP contribution in [0.5, 0.6) is 0 Å². The van der Waals surface area contributed by atoms with Crippen molar-refractivity contribution in [2.45, 2.75) is 38.8 Å². The van der Waals surface area contributed by atoms with E-state index in [9.17, 15) is 4.79 Å². The lowest BCUT2D eigenvalue weighted by molar-refractivity contribution is -0.122. The largest absolute Gasteiger partial charge is 0.352 e. The van der Waals surface area contributed by atoms with Crippen molar-refractivity contribution in [3.05, 3.63) is 18.7 Å². The van der Waals surface area contributed by atoms with Crippen LogP contribution in [0.4, 0.5) is 0 Å². The predicted molar refractivity (Wildman–Crippen MR) is 84.5 cm³/mol. The molecule has 1 atom stereocenters. The molecule has 0 radical (unpaired) electrons. The molecule has 1 amide bonds. The Morgan fingerprint density at radius 3 is 2.75 bits per heavy atom. The number of imidazole rings is 1. The zero-order valence-electron chi connectivity index (χ0n) is 11.7. The van der Waals surface area contributed by atoms with Crippen molar-refractivity contribution in [3.8, 4) is 0 Å². The monoisotopic (exact) mass is 322 g/mol. The molecule has 1 unspecified atom stereocenters. The van der Waals surface area contributed by atoms with Gasteiger partial charge in [-0.15, -0.1) is 24.8 Å². The second-order valence-electron chi connectivity index (χ2n) is 5.13. The lowest BCUT2D eigenvalue weighted by Gasteiger charge is -2.23. The van der Waals surface area contributed by atoms with E-state index >= 15 is 0 Å². The molecule has 1 fully saturated rings. The molecule has 0 saturated carbocycles. The number of carbonyl (C=O) groups excluding carboxylic acids is 1. The molecule has 7 heteroatoms. The van der Waals surface area contributed by atoms with E-state index in [1.54, 1.807) is 12.5 Å². The predicted octanol–water partition coefficient (Wildman–Crippen LogP) is 1.62. The summed E-state index contributed by atoms with van der Waals surface area (Å²) in [5, 5.41) is 6.37. The quantitative estimate of drug-likeness (QED) is 0.866. The highest BCUT2D eigenvalue weighted by atomic mass is 35.5. The summed E-state index contributed by atoms with van der Waals surface area (Å²) in [5.74, 6) is 0.723. The molecule has 2 rings (SSSR count). The van der Waals surface area contributed by atoms with Gasteiger partial charge in [0.25, 0.3) is 0 Å². The topological polar surface area (TPSA) is 59.0 Å². The highest BCUT2D eigenvalue weighted by molar-refractivity contribution is 5.85. The molecule has 1 aliphatic rings. The van der Waals surface area contributed by atoms with Crippen molar-refractivity contribution in [1.29, 1.82) is 0 Å². The zero-order chi connectivity index (χ0) is 12.8. The Balaban J connectivity index is 0.00000180. The molecule has 2 heterocycles. The van der Waals surface area contributed by atoms with Crippen LogP contribution in [0.15, 0.2) is 18.7 Å². The summed E-state index contributed by atoms with van der Waals surface area (Å²) < 4.78 is 1.98. The van der Waals surface area contributed by atoms with Crippen molar-refractivity contribution >= 4 is 30.7 Å². The van der Waals surface area contributed by atoms with E-state index < -0.39 is 0 Å². The molecule has 0 spiro atoms. The van der Waals surface area contributed by atoms with Crippen molar-refractivity contribution in [2.75, 3.05) is 13.1 Å². The first kappa shape index (κ1) is 19.2. The van der Waals surface area contributed by atoms with Gasteiger partial charge in [-0.2, -0.15) is 0 Å². The highest BCUT2D eigenvalue weighted by Gasteiger charge is 2.17. The SMILES string of the molecule is CC(Cn1ccnc1)NC(=O)CC1CCNCC1.Cl.Cl. The summed E-state index contributed by atoms with van der Waals surface area (Å²) in [6.45, 7) is 4.89. The third kappa shape index (κ3) is 6.59. The smallest absolute Gasteiger partial charge is 0.220 e. The number of hydrogen-bond acceptors (Lipinski definition) is 3. The van der Waals surface area contributed by atoms with Gasteiger partial charge in [0.15, 0.2) is 0 Å². The number of aromatic nitrogens is 2. The van der Waals surface area contributed by atoms with Crippen LogP contribution >= 0.6 is 24.8 Å². The molecule has 116 valence electrons. The van der Waals surface area contributed by atoms with Gasteiger partial charge in [-0.1, -0.05) is 0 Å². The van der Waals surface area contributed by atoms with E-state index in [0.29, 0.717) is 12.3 Å². The first-order chi connectivity index (χ1) is 8.74. The van der Waals surface area contributed by atoms with Crippen molar-refractivity contribution in [1.82, 2.24) is 20.2 Å². The minimum Gasteiger partial charge on any atom is -0.352 e. The van der Waals surface area contributed by atoms with Gasteiger partial charge in [0.2, 0.25) is 5.91 Å². The van der Waals surface area contributed by atoms with Crippen LogP contribution < -0.4 is 10.6 Å². The van der Waals surface area contributed by atoms with Crippen LogP contribution in [0.2, 0.25) is 0 Å². The van der Waals surface area contributed by atoms with E-state index in [2.05, 4.69) is 15.6 Å². The minimum atomic E-state index is 0. The maximum Gasteiger partial charge on any atom is 0.220 e. The molecular weight excluding hydrogens is 299 g/mol. The fraction of sp³-hybridized carbons (Fsp3) is 0.692. The molecule has 0 aliphatic carbocycles. The average molecular weight is 323 g/mol. The number of rotatable bonds is 5. The Morgan fingerprint density at radius 2 is 2.15 bits per heavy atom. The van der Waals surface area contributed by atoms with Crippen LogP contribution in [-0.2, 0) is 11.3 Å². The number of carbonyl (C=O) groups is 1. The summed E-state index contributed by atoms with van der Waals surface area (Å²) in [6.07, 6.45) is 8.33. The number of nitrogens with one attached hydrogen (secondary N) is 2. The van der Waals surface area contributed by atoms with E-state index in [-0.39, 0.29) is 36.8 Å². The molecule has 20 heavy (non-hydrogen) atoms. The van der Waals surface area contributed by atoms with Crippen LogP contribution in [0.25, 0.3) is 0 Å². The van der Waals surface area contributed by atoms with Gasteiger partial charge in [-0.3, -0.25) is 4.79 Å². The maximum atomic E-state index is 11.9. The Hall–Kier alpha value is -0.780. The lowest BCUT2D eigenvalue weighted by atomic mass is 9.94. The fourth-order valence-corrected chi connectivity index (χ4v) is 2.44. The van der Waals surface area contributed by atoms with Gasteiger partial charge in [0, 0.05) is 31.4 Å². The van der Waals surface area contributed by atoms with Gasteiger partial charge in [-0.05, 0) is 38.8 Å². The second kappa shape index (κ2) is 10.0. The third-order valence-electron chi connectivity index (χ3n) is 3.38. The number of amides is 1. The molecule has 1 aliphatic heterocycles. The van der Waals surface area contributed by atoms with Gasteiger partial charge >= 0.3 is 0 Å². The molecular formula is C13H24Cl2N4O. The lowest BCUT2D eigenvalue weighted by Crippen LogP contribution is -2.38. The first-order valence-corrected chi connectivity index (χ1v) is 6.70. The molecule has 2 N–H and O–H groups in total. The standard InChI is InChI=1S/C13H22N4O.2ClH/c1-11(9-17-7-6-15-10-17)16-13(18)8-12-2-4-14-5-3-12;;/h6-7,10-12,14H,2-5,8-9H2,1H3,(H,16,18);2*1H. The van der Waals surface area contributed by atoms with Crippen LogP contribution in [0.1, 0.15) is 26.2 Å². The Kier molecular flexibility index (Phi) is 9.63. The maximum absolute atomic E-state index is 11.9. The van der Waals surface area contributed by atoms with Gasteiger partial charge in [0.1, 0.15) is 0 Å². The van der Waals surface area contributed by atoms with Crippen LogP contribution in [0.3, 0.4) is 0 Å². The van der Waals surface area contributed by atoms with E-state index in [4.69, 9.17) is 0 Å². The summed E-state index contributed by atoms with van der Waals surface area (Å²) in [4.78, 5) is 15.9. The number of nitrogens with zero attached hydrogens (tertiary/aromatic N) is 2. The van der Waals surface area contributed by atoms with Gasteiger partial charge < -0.3 is 15.2 Å². The third-order valence-corrected chi connectivity index (χ3v) is 3.38. The first-order valence-electron chi connectivity index (χ1n) is 6.70. The summed E-state index contributed by atoms with van der Waals surface area (Å²) >= 11 is 0. The normalized spacial score (nSPS) is 16.6. The fourth-order valence-electron chi connectivity index (χ4n) is 2.44. The van der Waals surface area contributed by atoms with E-state index in [1.807, 2.05) is 17.7 Å². The second-order valence-corrected chi connectivity index (χ2v) is 5.13. The van der Waals surface area contributed by atoms with E-state index in [0.717, 1.165) is 32.5 Å². The Morgan fingerprint density at radius 1 is 1.45 bits per heavy atom. The van der Waals surface area contributed by atoms with Crippen molar-refractivity contribution in [2.24, 2.45) is 5.92 Å². The van der Waals surface area contributed by atoms with Crippen molar-refractivity contribution < 1.29 is 4.79 Å². The number of halogens is 2. The van der Waals surface area contributed by atoms with E-state index in [1.165, 1.54) is 0 Å².